The van der Waals surface area contributed by atoms with Crippen molar-refractivity contribution in [1.29, 1.82) is 0 Å². The smallest absolute Gasteiger partial charge is 0.255 e. The summed E-state index contributed by atoms with van der Waals surface area (Å²) < 4.78 is 13.1. The van der Waals surface area contributed by atoms with Gasteiger partial charge in [-0.05, 0) is 29.7 Å². The van der Waals surface area contributed by atoms with Crippen LogP contribution in [0.4, 0.5) is 4.39 Å². The Bertz CT molecular complexity index is 826. The van der Waals surface area contributed by atoms with Crippen LogP contribution in [0.5, 0.6) is 0 Å². The second-order valence-electron chi connectivity index (χ2n) is 4.20. The van der Waals surface area contributed by atoms with Crippen molar-refractivity contribution in [3.05, 3.63) is 69.9 Å². The van der Waals surface area contributed by atoms with E-state index in [9.17, 15) is 9.18 Å². The molecule has 0 aliphatic rings. The highest BCUT2D eigenvalue weighted by molar-refractivity contribution is 6.33. The largest absolute Gasteiger partial charge is 0.328 e. The van der Waals surface area contributed by atoms with Crippen molar-refractivity contribution in [2.75, 3.05) is 0 Å². The van der Waals surface area contributed by atoms with Crippen LogP contribution < -0.4 is 5.56 Å². The Balaban J connectivity index is 2.37. The SMILES string of the molecule is O=c1[nH]cc(-c2ccc(F)cc2Cl)c2ccccc12. The molecule has 0 saturated carbocycles. The van der Waals surface area contributed by atoms with E-state index in [1.807, 2.05) is 12.1 Å². The fourth-order valence-electron chi connectivity index (χ4n) is 2.14. The van der Waals surface area contributed by atoms with E-state index in [0.29, 0.717) is 16.0 Å². The van der Waals surface area contributed by atoms with Gasteiger partial charge < -0.3 is 4.98 Å². The summed E-state index contributed by atoms with van der Waals surface area (Å²) in [6.45, 7) is 0. The summed E-state index contributed by atoms with van der Waals surface area (Å²) in [5.74, 6) is -0.387. The Morgan fingerprint density at radius 1 is 1.00 bits per heavy atom. The second kappa shape index (κ2) is 4.52. The topological polar surface area (TPSA) is 32.9 Å². The number of H-pyrrole nitrogens is 1. The molecule has 2 nitrogen and oxygen atoms in total. The molecule has 0 aliphatic carbocycles. The Kier molecular flexibility index (Phi) is 2.84. The number of aromatic amines is 1. The summed E-state index contributed by atoms with van der Waals surface area (Å²) in [4.78, 5) is 14.4. The number of benzene rings is 2. The van der Waals surface area contributed by atoms with Gasteiger partial charge in [0.1, 0.15) is 5.82 Å². The van der Waals surface area contributed by atoms with Crippen LogP contribution in [0.2, 0.25) is 5.02 Å². The third kappa shape index (κ3) is 2.02. The highest BCUT2D eigenvalue weighted by atomic mass is 35.5. The molecule has 3 rings (SSSR count). The van der Waals surface area contributed by atoms with E-state index in [4.69, 9.17) is 11.6 Å². The number of aromatic nitrogens is 1. The van der Waals surface area contributed by atoms with Gasteiger partial charge in [0.15, 0.2) is 0 Å². The molecule has 0 bridgehead atoms. The van der Waals surface area contributed by atoms with Crippen LogP contribution in [0.3, 0.4) is 0 Å². The van der Waals surface area contributed by atoms with Crippen LogP contribution >= 0.6 is 11.6 Å². The molecule has 0 saturated heterocycles. The summed E-state index contributed by atoms with van der Waals surface area (Å²) >= 11 is 6.07. The van der Waals surface area contributed by atoms with Crippen LogP contribution in [-0.4, -0.2) is 4.98 Å². The van der Waals surface area contributed by atoms with Crippen molar-refractivity contribution in [2.24, 2.45) is 0 Å². The van der Waals surface area contributed by atoms with E-state index >= 15 is 0 Å². The summed E-state index contributed by atoms with van der Waals surface area (Å²) in [6, 6.07) is 11.5. The summed E-state index contributed by atoms with van der Waals surface area (Å²) in [7, 11) is 0. The molecule has 0 spiro atoms. The molecule has 4 heteroatoms. The van der Waals surface area contributed by atoms with Gasteiger partial charge in [0, 0.05) is 22.7 Å². The summed E-state index contributed by atoms with van der Waals surface area (Å²) in [6.07, 6.45) is 1.60. The molecule has 1 heterocycles. The lowest BCUT2D eigenvalue weighted by molar-refractivity contribution is 0.628. The van der Waals surface area contributed by atoms with Gasteiger partial charge in [-0.1, -0.05) is 29.8 Å². The number of halogens is 2. The number of rotatable bonds is 1. The Hall–Kier alpha value is -2.13. The number of hydrogen-bond donors (Lipinski definition) is 1. The standard InChI is InChI=1S/C15H9ClFNO/c16-14-7-9(17)5-6-11(14)13-8-18-15(19)12-4-2-1-3-10(12)13/h1-8H,(H,18,19). The number of fused-ring (bicyclic) bond motifs is 1. The van der Waals surface area contributed by atoms with E-state index in [-0.39, 0.29) is 11.4 Å². The zero-order valence-corrected chi connectivity index (χ0v) is 10.5. The number of pyridine rings is 1. The molecule has 19 heavy (non-hydrogen) atoms. The maximum Gasteiger partial charge on any atom is 0.255 e. The maximum atomic E-state index is 13.1. The minimum absolute atomic E-state index is 0.155. The molecule has 1 N–H and O–H groups in total. The fraction of sp³-hybridized carbons (Fsp3) is 0. The van der Waals surface area contributed by atoms with Crippen LogP contribution in [0.1, 0.15) is 0 Å². The molecule has 2 aromatic carbocycles. The van der Waals surface area contributed by atoms with Gasteiger partial charge in [0.05, 0.1) is 5.02 Å². The van der Waals surface area contributed by atoms with Crippen LogP contribution in [0.15, 0.2) is 53.5 Å². The molecule has 94 valence electrons. The van der Waals surface area contributed by atoms with E-state index in [1.54, 1.807) is 24.4 Å². The van der Waals surface area contributed by atoms with Crippen molar-refractivity contribution in [3.63, 3.8) is 0 Å². The van der Waals surface area contributed by atoms with Gasteiger partial charge in [-0.3, -0.25) is 4.79 Å². The maximum absolute atomic E-state index is 13.1. The van der Waals surface area contributed by atoms with Crippen molar-refractivity contribution in [3.8, 4) is 11.1 Å². The monoisotopic (exact) mass is 273 g/mol. The first kappa shape index (κ1) is 11.9. The van der Waals surface area contributed by atoms with Crippen molar-refractivity contribution < 1.29 is 4.39 Å². The predicted molar refractivity (Wildman–Crippen MR) is 75.0 cm³/mol. The molecule has 0 radical (unpaired) electrons. The number of nitrogens with one attached hydrogen (secondary N) is 1. The molecule has 0 fully saturated rings. The zero-order valence-electron chi connectivity index (χ0n) is 9.78. The third-order valence-electron chi connectivity index (χ3n) is 3.03. The highest BCUT2D eigenvalue weighted by Gasteiger charge is 2.10. The Morgan fingerprint density at radius 3 is 2.47 bits per heavy atom. The molecule has 1 aromatic heterocycles. The van der Waals surface area contributed by atoms with E-state index in [0.717, 1.165) is 10.9 Å². The van der Waals surface area contributed by atoms with Crippen molar-refractivity contribution >= 4 is 22.4 Å². The molecule has 0 atom stereocenters. The van der Waals surface area contributed by atoms with E-state index < -0.39 is 0 Å². The van der Waals surface area contributed by atoms with Gasteiger partial charge >= 0.3 is 0 Å². The normalized spacial score (nSPS) is 10.8. The third-order valence-corrected chi connectivity index (χ3v) is 3.34. The average molecular weight is 274 g/mol. The van der Waals surface area contributed by atoms with Crippen LogP contribution in [0.25, 0.3) is 21.9 Å². The lowest BCUT2D eigenvalue weighted by Gasteiger charge is -2.08. The molecular formula is C15H9ClFNO. The first-order valence-electron chi connectivity index (χ1n) is 5.72. The summed E-state index contributed by atoms with van der Waals surface area (Å²) in [5.41, 5.74) is 1.31. The van der Waals surface area contributed by atoms with Gasteiger partial charge in [0.25, 0.3) is 5.56 Å². The fourth-order valence-corrected chi connectivity index (χ4v) is 2.41. The summed E-state index contributed by atoms with van der Waals surface area (Å²) in [5, 5.41) is 1.69. The minimum Gasteiger partial charge on any atom is -0.328 e. The lowest BCUT2D eigenvalue weighted by atomic mass is 10.0. The van der Waals surface area contributed by atoms with Crippen molar-refractivity contribution in [1.82, 2.24) is 4.98 Å². The Morgan fingerprint density at radius 2 is 1.74 bits per heavy atom. The lowest BCUT2D eigenvalue weighted by Crippen LogP contribution is -2.05. The Labute approximate surface area is 113 Å². The average Bonchev–Trinajstić information content (AvgIpc) is 2.41. The molecule has 0 amide bonds. The van der Waals surface area contributed by atoms with E-state index in [2.05, 4.69) is 4.98 Å². The predicted octanol–water partition coefficient (Wildman–Crippen LogP) is 3.99. The van der Waals surface area contributed by atoms with Crippen LogP contribution in [-0.2, 0) is 0 Å². The first-order valence-corrected chi connectivity index (χ1v) is 6.10. The molecular weight excluding hydrogens is 265 g/mol. The highest BCUT2D eigenvalue weighted by Crippen LogP contribution is 2.32. The quantitative estimate of drug-likeness (QED) is 0.714. The van der Waals surface area contributed by atoms with Gasteiger partial charge in [-0.15, -0.1) is 0 Å². The zero-order chi connectivity index (χ0) is 13.4. The molecule has 0 aliphatic heterocycles. The minimum atomic E-state index is -0.387. The molecule has 3 aromatic rings. The molecule has 0 unspecified atom stereocenters. The van der Waals surface area contributed by atoms with Crippen molar-refractivity contribution in [2.45, 2.75) is 0 Å². The second-order valence-corrected chi connectivity index (χ2v) is 4.61. The van der Waals surface area contributed by atoms with Gasteiger partial charge in [0.2, 0.25) is 0 Å². The van der Waals surface area contributed by atoms with Gasteiger partial charge in [-0.25, -0.2) is 4.39 Å². The van der Waals surface area contributed by atoms with Gasteiger partial charge in [-0.2, -0.15) is 0 Å². The van der Waals surface area contributed by atoms with E-state index in [1.165, 1.54) is 12.1 Å². The first-order chi connectivity index (χ1) is 9.16. The number of hydrogen-bond acceptors (Lipinski definition) is 1. The van der Waals surface area contributed by atoms with Crippen LogP contribution in [0, 0.1) is 5.82 Å².